The van der Waals surface area contributed by atoms with Gasteiger partial charge in [0.2, 0.25) is 0 Å². The summed E-state index contributed by atoms with van der Waals surface area (Å²) in [6.07, 6.45) is 4.22. The average molecular weight is 162 g/mol. The van der Waals surface area contributed by atoms with E-state index in [1.807, 2.05) is 0 Å². The molecule has 0 radical (unpaired) electrons. The van der Waals surface area contributed by atoms with E-state index in [4.69, 9.17) is 0 Å². The Morgan fingerprint density at radius 2 is 2.57 bits per heavy atom. The maximum atomic E-state index is 3.45. The monoisotopic (exact) mass is 161 g/mol. The molecule has 0 aromatic carbocycles. The van der Waals surface area contributed by atoms with Crippen LogP contribution in [-0.4, -0.2) is 23.3 Å². The number of hydrogen-bond acceptors (Lipinski definition) is 1. The van der Waals surface area contributed by atoms with Crippen LogP contribution in [0.25, 0.3) is 0 Å². The molecule has 0 fully saturated rings. The van der Waals surface area contributed by atoms with Crippen molar-refractivity contribution in [2.75, 3.05) is 13.6 Å². The van der Waals surface area contributed by atoms with Gasteiger partial charge in [-0.05, 0) is 6.20 Å². The molecule has 1 aliphatic rings. The molecule has 0 N–H and O–H groups in total. The highest BCUT2D eigenvalue weighted by molar-refractivity contribution is 9.09. The fraction of sp³-hybridized carbons (Fsp3) is 0.600. The molecule has 0 aromatic heterocycles. The number of nitrogens with zero attached hydrogens (tertiary/aromatic N) is 1. The third-order valence-electron chi connectivity index (χ3n) is 1.01. The first kappa shape index (κ1) is 5.16. The fourth-order valence-electron chi connectivity index (χ4n) is 0.637. The molecule has 1 heterocycles. The standard InChI is InChI=1S/C5H8BrN/c1-7-3-2-5(6)4-7/h2-3,5H,4H2,1H3. The Labute approximate surface area is 52.1 Å². The lowest BCUT2D eigenvalue weighted by Gasteiger charge is -2.05. The Balaban J connectivity index is 2.42. The molecule has 1 unspecified atom stereocenters. The van der Waals surface area contributed by atoms with Crippen LogP contribution < -0.4 is 0 Å². The van der Waals surface area contributed by atoms with Gasteiger partial charge in [0, 0.05) is 13.6 Å². The highest BCUT2D eigenvalue weighted by atomic mass is 79.9. The van der Waals surface area contributed by atoms with E-state index in [0.29, 0.717) is 4.83 Å². The first-order valence-corrected chi connectivity index (χ1v) is 3.23. The second-order valence-electron chi connectivity index (χ2n) is 1.80. The lowest BCUT2D eigenvalue weighted by Crippen LogP contribution is -2.11. The smallest absolute Gasteiger partial charge is 0.0517 e. The summed E-state index contributed by atoms with van der Waals surface area (Å²) in [5.41, 5.74) is 0. The van der Waals surface area contributed by atoms with Crippen molar-refractivity contribution in [3.05, 3.63) is 12.3 Å². The molecular formula is C5H8BrN. The quantitative estimate of drug-likeness (QED) is 0.484. The zero-order valence-electron chi connectivity index (χ0n) is 4.26. The van der Waals surface area contributed by atoms with Crippen molar-refractivity contribution in [2.45, 2.75) is 4.83 Å². The van der Waals surface area contributed by atoms with Gasteiger partial charge in [0.05, 0.1) is 4.83 Å². The van der Waals surface area contributed by atoms with Crippen LogP contribution in [0.5, 0.6) is 0 Å². The van der Waals surface area contributed by atoms with Gasteiger partial charge in [-0.3, -0.25) is 0 Å². The van der Waals surface area contributed by atoms with E-state index in [2.05, 4.69) is 40.2 Å². The molecule has 0 aliphatic carbocycles. The Morgan fingerprint density at radius 3 is 2.71 bits per heavy atom. The van der Waals surface area contributed by atoms with Crippen LogP contribution in [-0.2, 0) is 0 Å². The normalized spacial score (nSPS) is 29.4. The van der Waals surface area contributed by atoms with E-state index in [9.17, 15) is 0 Å². The van der Waals surface area contributed by atoms with Crippen LogP contribution in [0.2, 0.25) is 0 Å². The van der Waals surface area contributed by atoms with Crippen molar-refractivity contribution in [1.29, 1.82) is 0 Å². The molecule has 0 bridgehead atoms. The zero-order chi connectivity index (χ0) is 5.28. The van der Waals surface area contributed by atoms with Crippen LogP contribution in [0.1, 0.15) is 0 Å². The molecule has 0 amide bonds. The molecule has 0 spiro atoms. The number of halogens is 1. The summed E-state index contributed by atoms with van der Waals surface area (Å²) in [5.74, 6) is 0. The van der Waals surface area contributed by atoms with E-state index in [1.54, 1.807) is 0 Å². The summed E-state index contributed by atoms with van der Waals surface area (Å²) in [4.78, 5) is 2.73. The van der Waals surface area contributed by atoms with E-state index >= 15 is 0 Å². The van der Waals surface area contributed by atoms with Crippen molar-refractivity contribution in [2.24, 2.45) is 0 Å². The summed E-state index contributed by atoms with van der Waals surface area (Å²) in [7, 11) is 2.07. The van der Waals surface area contributed by atoms with Gasteiger partial charge in [0.25, 0.3) is 0 Å². The molecule has 40 valence electrons. The molecule has 1 atom stereocenters. The summed E-state index contributed by atoms with van der Waals surface area (Å²) < 4.78 is 0. The minimum absolute atomic E-state index is 0.581. The summed E-state index contributed by atoms with van der Waals surface area (Å²) in [6, 6.07) is 0. The van der Waals surface area contributed by atoms with Gasteiger partial charge in [-0.15, -0.1) is 0 Å². The van der Waals surface area contributed by atoms with E-state index < -0.39 is 0 Å². The van der Waals surface area contributed by atoms with Gasteiger partial charge < -0.3 is 4.90 Å². The highest BCUT2D eigenvalue weighted by Gasteiger charge is 2.06. The fourth-order valence-corrected chi connectivity index (χ4v) is 1.23. The third-order valence-corrected chi connectivity index (χ3v) is 1.61. The lowest BCUT2D eigenvalue weighted by molar-refractivity contribution is 0.501. The molecule has 7 heavy (non-hydrogen) atoms. The second-order valence-corrected chi connectivity index (χ2v) is 2.97. The van der Waals surface area contributed by atoms with Crippen LogP contribution >= 0.6 is 15.9 Å². The summed E-state index contributed by atoms with van der Waals surface area (Å²) >= 11 is 3.45. The van der Waals surface area contributed by atoms with E-state index in [0.717, 1.165) is 6.54 Å². The van der Waals surface area contributed by atoms with Crippen molar-refractivity contribution in [3.63, 3.8) is 0 Å². The van der Waals surface area contributed by atoms with Crippen molar-refractivity contribution in [1.82, 2.24) is 4.90 Å². The van der Waals surface area contributed by atoms with Crippen LogP contribution in [0.15, 0.2) is 12.3 Å². The van der Waals surface area contributed by atoms with Gasteiger partial charge in [0.1, 0.15) is 0 Å². The molecule has 0 saturated heterocycles. The van der Waals surface area contributed by atoms with Gasteiger partial charge >= 0.3 is 0 Å². The minimum atomic E-state index is 0.581. The lowest BCUT2D eigenvalue weighted by atomic mass is 10.5. The summed E-state index contributed by atoms with van der Waals surface area (Å²) in [5, 5.41) is 0. The third kappa shape index (κ3) is 1.20. The second kappa shape index (κ2) is 1.86. The van der Waals surface area contributed by atoms with Gasteiger partial charge in [-0.25, -0.2) is 0 Å². The van der Waals surface area contributed by atoms with Gasteiger partial charge in [-0.2, -0.15) is 0 Å². The molecule has 0 aromatic rings. The van der Waals surface area contributed by atoms with Crippen molar-refractivity contribution >= 4 is 15.9 Å². The predicted octanol–water partition coefficient (Wildman–Crippen LogP) is 1.21. The Bertz CT molecular complexity index is 80.1. The van der Waals surface area contributed by atoms with Crippen LogP contribution in [0, 0.1) is 0 Å². The maximum Gasteiger partial charge on any atom is 0.0517 e. The minimum Gasteiger partial charge on any atom is -0.379 e. The van der Waals surface area contributed by atoms with Crippen molar-refractivity contribution < 1.29 is 0 Å². The maximum absolute atomic E-state index is 3.45. The Kier molecular flexibility index (Phi) is 1.38. The largest absolute Gasteiger partial charge is 0.379 e. The number of hydrogen-bond donors (Lipinski definition) is 0. The highest BCUT2D eigenvalue weighted by Crippen LogP contribution is 2.09. The molecular weight excluding hydrogens is 154 g/mol. The predicted molar refractivity (Wildman–Crippen MR) is 34.5 cm³/mol. The topological polar surface area (TPSA) is 3.24 Å². The average Bonchev–Trinajstić information content (AvgIpc) is 1.87. The molecule has 1 rings (SSSR count). The number of rotatable bonds is 0. The van der Waals surface area contributed by atoms with Crippen LogP contribution in [0.4, 0.5) is 0 Å². The first-order chi connectivity index (χ1) is 3.29. The van der Waals surface area contributed by atoms with E-state index in [1.165, 1.54) is 0 Å². The summed E-state index contributed by atoms with van der Waals surface area (Å²) in [6.45, 7) is 1.11. The van der Waals surface area contributed by atoms with E-state index in [-0.39, 0.29) is 0 Å². The molecule has 2 heteroatoms. The SMILES string of the molecule is CN1C=CC(Br)C1. The molecule has 1 nitrogen and oxygen atoms in total. The number of alkyl halides is 1. The van der Waals surface area contributed by atoms with Gasteiger partial charge in [0.15, 0.2) is 0 Å². The zero-order valence-corrected chi connectivity index (χ0v) is 5.85. The first-order valence-electron chi connectivity index (χ1n) is 2.31. The van der Waals surface area contributed by atoms with Crippen LogP contribution in [0.3, 0.4) is 0 Å². The molecule has 0 saturated carbocycles. The van der Waals surface area contributed by atoms with Crippen molar-refractivity contribution in [3.8, 4) is 0 Å². The Hall–Kier alpha value is 0.0200. The molecule has 1 aliphatic heterocycles. The Morgan fingerprint density at radius 1 is 1.86 bits per heavy atom. The van der Waals surface area contributed by atoms with Gasteiger partial charge in [-0.1, -0.05) is 22.0 Å².